The number of carbonyl (C=O) groups excluding carboxylic acids is 2. The number of nitrogens with one attached hydrogen (secondary N) is 3. The lowest BCUT2D eigenvalue weighted by Crippen LogP contribution is -2.47. The number of carbonyl (C=O) groups is 2. The highest BCUT2D eigenvalue weighted by Gasteiger charge is 2.34. The number of hydrogen-bond acceptors (Lipinski definition) is 7. The number of amides is 2. The van der Waals surface area contributed by atoms with E-state index in [1.165, 1.54) is 6.20 Å². The predicted molar refractivity (Wildman–Crippen MR) is 101 cm³/mol. The van der Waals surface area contributed by atoms with Crippen molar-refractivity contribution < 1.29 is 23.6 Å². The van der Waals surface area contributed by atoms with Crippen LogP contribution in [0.5, 0.6) is 0 Å². The molecular weight excluding hydrogens is 378 g/mol. The third kappa shape index (κ3) is 4.94. The minimum absolute atomic E-state index is 0.0978. The van der Waals surface area contributed by atoms with Crippen molar-refractivity contribution in [3.05, 3.63) is 29.8 Å². The van der Waals surface area contributed by atoms with Gasteiger partial charge in [-0.3, -0.25) is 9.89 Å². The van der Waals surface area contributed by atoms with Crippen molar-refractivity contribution in [2.45, 2.75) is 56.6 Å². The summed E-state index contributed by atoms with van der Waals surface area (Å²) in [6.45, 7) is 3.12. The molecule has 0 spiro atoms. The number of anilines is 1. The van der Waals surface area contributed by atoms with Crippen molar-refractivity contribution in [3.63, 3.8) is 0 Å². The Labute approximate surface area is 167 Å². The Morgan fingerprint density at radius 2 is 2.31 bits per heavy atom. The fraction of sp³-hybridized carbons (Fsp3) is 0.579. The van der Waals surface area contributed by atoms with Gasteiger partial charge in [-0.15, -0.1) is 0 Å². The summed E-state index contributed by atoms with van der Waals surface area (Å²) in [5.74, 6) is 0.922. The molecule has 3 heterocycles. The zero-order valence-electron chi connectivity index (χ0n) is 16.3. The zero-order chi connectivity index (χ0) is 20.3. The highest BCUT2D eigenvalue weighted by Crippen LogP contribution is 2.36. The van der Waals surface area contributed by atoms with Crippen LogP contribution >= 0.6 is 0 Å². The van der Waals surface area contributed by atoms with Gasteiger partial charge in [-0.25, -0.2) is 4.79 Å². The number of hydrogen-bond donors (Lipinski definition) is 3. The molecule has 0 bridgehead atoms. The first kappa shape index (κ1) is 19.4. The normalized spacial score (nSPS) is 26.4. The van der Waals surface area contributed by atoms with Gasteiger partial charge < -0.3 is 24.6 Å². The van der Waals surface area contributed by atoms with E-state index in [0.717, 1.165) is 25.0 Å². The van der Waals surface area contributed by atoms with Gasteiger partial charge in [0.15, 0.2) is 5.82 Å². The number of aromatic nitrogens is 3. The summed E-state index contributed by atoms with van der Waals surface area (Å²) < 4.78 is 15.9. The number of alkyl carbamates (subject to hydrolysis) is 1. The molecule has 1 saturated carbocycles. The summed E-state index contributed by atoms with van der Waals surface area (Å²) in [6, 6.07) is 3.47. The molecule has 2 aliphatic rings. The molecule has 1 aliphatic carbocycles. The summed E-state index contributed by atoms with van der Waals surface area (Å²) in [7, 11) is 0. The lowest BCUT2D eigenvalue weighted by Gasteiger charge is -2.24. The number of H-pyrrole nitrogens is 1. The Balaban J connectivity index is 1.25. The van der Waals surface area contributed by atoms with Gasteiger partial charge in [0.25, 0.3) is 0 Å². The van der Waals surface area contributed by atoms with E-state index in [1.807, 2.05) is 13.0 Å². The quantitative estimate of drug-likeness (QED) is 0.673. The highest BCUT2D eigenvalue weighted by atomic mass is 16.6. The van der Waals surface area contributed by atoms with E-state index in [2.05, 4.69) is 26.0 Å². The van der Waals surface area contributed by atoms with Gasteiger partial charge in [0.1, 0.15) is 11.9 Å². The number of nitrogens with zero attached hydrogens (tertiary/aromatic N) is 2. The first-order valence-electron chi connectivity index (χ1n) is 9.80. The maximum Gasteiger partial charge on any atom is 0.407 e. The smallest absolute Gasteiger partial charge is 0.407 e. The second kappa shape index (κ2) is 8.24. The minimum atomic E-state index is -0.395. The van der Waals surface area contributed by atoms with Crippen LogP contribution in [-0.4, -0.2) is 52.2 Å². The molecule has 10 heteroatoms. The Morgan fingerprint density at radius 3 is 3.07 bits per heavy atom. The van der Waals surface area contributed by atoms with Gasteiger partial charge in [0.2, 0.25) is 5.91 Å². The molecular formula is C19H25N5O5. The summed E-state index contributed by atoms with van der Waals surface area (Å²) in [4.78, 5) is 24.2. The van der Waals surface area contributed by atoms with Gasteiger partial charge >= 0.3 is 6.09 Å². The van der Waals surface area contributed by atoms with Crippen molar-refractivity contribution >= 4 is 17.8 Å². The lowest BCUT2D eigenvalue weighted by molar-refractivity contribution is -0.115. The third-order valence-corrected chi connectivity index (χ3v) is 5.41. The van der Waals surface area contributed by atoms with E-state index in [-0.39, 0.29) is 29.9 Å². The van der Waals surface area contributed by atoms with E-state index in [0.29, 0.717) is 31.2 Å². The fourth-order valence-electron chi connectivity index (χ4n) is 3.81. The van der Waals surface area contributed by atoms with E-state index >= 15 is 0 Å². The molecule has 3 atom stereocenters. The van der Waals surface area contributed by atoms with Crippen LogP contribution in [0, 0.1) is 0 Å². The largest absolute Gasteiger partial charge is 0.446 e. The van der Waals surface area contributed by atoms with E-state index in [1.54, 1.807) is 6.07 Å². The molecule has 10 nitrogen and oxygen atoms in total. The molecule has 156 valence electrons. The van der Waals surface area contributed by atoms with Gasteiger partial charge in [-0.2, -0.15) is 5.10 Å². The maximum absolute atomic E-state index is 12.2. The van der Waals surface area contributed by atoms with E-state index < -0.39 is 6.09 Å². The standard InChI is InChI=1S/C19H25N5O5/c1-19(5-7-27-11-19)22-18(26)28-13-3-2-12(8-13)15-10-16(24-23-15)21-17(25)9-14-4-6-20-29-14/h4,6,10,12-13H,2-3,5,7-9,11H2,1H3,(H,22,26)(H2,21,23,24,25)/t12-,13?,19?/m0/s1. The molecule has 2 aromatic rings. The van der Waals surface area contributed by atoms with Gasteiger partial charge in [-0.1, -0.05) is 5.16 Å². The van der Waals surface area contributed by atoms with Gasteiger partial charge in [0.05, 0.1) is 24.8 Å². The Kier molecular flexibility index (Phi) is 5.52. The summed E-state index contributed by atoms with van der Waals surface area (Å²) in [5, 5.41) is 16.4. The Bertz CT molecular complexity index is 843. The van der Waals surface area contributed by atoms with Crippen LogP contribution < -0.4 is 10.6 Å². The molecule has 4 rings (SSSR count). The number of aromatic amines is 1. The SMILES string of the molecule is CC1(NC(=O)OC2CC[C@H](c3cc(NC(=O)Cc4ccno4)n[nH]3)C2)CCOC1. The maximum atomic E-state index is 12.2. The summed E-state index contributed by atoms with van der Waals surface area (Å²) in [6.07, 6.45) is 4.23. The molecule has 2 fully saturated rings. The van der Waals surface area contributed by atoms with Crippen LogP contribution in [0.15, 0.2) is 22.9 Å². The van der Waals surface area contributed by atoms with Gasteiger partial charge in [-0.05, 0) is 32.6 Å². The second-order valence-corrected chi connectivity index (χ2v) is 7.94. The zero-order valence-corrected chi connectivity index (χ0v) is 16.3. The number of ether oxygens (including phenoxy) is 2. The third-order valence-electron chi connectivity index (χ3n) is 5.41. The summed E-state index contributed by atoms with van der Waals surface area (Å²) >= 11 is 0. The topological polar surface area (TPSA) is 131 Å². The van der Waals surface area contributed by atoms with Gasteiger partial charge in [0, 0.05) is 30.4 Å². The fourth-order valence-corrected chi connectivity index (χ4v) is 3.81. The van der Waals surface area contributed by atoms with Crippen LogP contribution in [0.2, 0.25) is 0 Å². The van der Waals surface area contributed by atoms with Crippen LogP contribution in [0.4, 0.5) is 10.6 Å². The first-order valence-corrected chi connectivity index (χ1v) is 9.80. The van der Waals surface area contributed by atoms with Crippen molar-refractivity contribution in [2.24, 2.45) is 0 Å². The molecule has 2 amide bonds. The van der Waals surface area contributed by atoms with Crippen LogP contribution in [0.25, 0.3) is 0 Å². The van der Waals surface area contributed by atoms with Crippen LogP contribution in [0.1, 0.15) is 50.0 Å². The van der Waals surface area contributed by atoms with Crippen LogP contribution in [-0.2, 0) is 20.7 Å². The monoisotopic (exact) mass is 403 g/mol. The molecule has 0 aromatic carbocycles. The lowest BCUT2D eigenvalue weighted by atomic mass is 10.0. The molecule has 3 N–H and O–H groups in total. The average Bonchev–Trinajstić information content (AvgIpc) is 3.43. The molecule has 2 aromatic heterocycles. The molecule has 2 unspecified atom stereocenters. The van der Waals surface area contributed by atoms with E-state index in [9.17, 15) is 9.59 Å². The molecule has 29 heavy (non-hydrogen) atoms. The average molecular weight is 403 g/mol. The highest BCUT2D eigenvalue weighted by molar-refractivity contribution is 5.91. The minimum Gasteiger partial charge on any atom is -0.446 e. The van der Waals surface area contributed by atoms with Crippen molar-refractivity contribution in [3.8, 4) is 0 Å². The molecule has 0 radical (unpaired) electrons. The van der Waals surface area contributed by atoms with Crippen molar-refractivity contribution in [2.75, 3.05) is 18.5 Å². The molecule has 1 aliphatic heterocycles. The Hall–Kier alpha value is -2.88. The predicted octanol–water partition coefficient (Wildman–Crippen LogP) is 2.12. The van der Waals surface area contributed by atoms with E-state index in [4.69, 9.17) is 14.0 Å². The van der Waals surface area contributed by atoms with Crippen LogP contribution in [0.3, 0.4) is 0 Å². The first-order chi connectivity index (χ1) is 14.0. The van der Waals surface area contributed by atoms with Crippen molar-refractivity contribution in [1.29, 1.82) is 0 Å². The number of rotatable bonds is 6. The Morgan fingerprint density at radius 1 is 1.41 bits per heavy atom. The summed E-state index contributed by atoms with van der Waals surface area (Å²) in [5.41, 5.74) is 0.569. The molecule has 1 saturated heterocycles. The van der Waals surface area contributed by atoms with Crippen molar-refractivity contribution in [1.82, 2.24) is 20.7 Å². The second-order valence-electron chi connectivity index (χ2n) is 7.94.